The molecule has 0 bridgehead atoms. The summed E-state index contributed by atoms with van der Waals surface area (Å²) in [5.41, 5.74) is 1.80. The van der Waals surface area contributed by atoms with E-state index in [9.17, 15) is 0 Å². The van der Waals surface area contributed by atoms with Crippen molar-refractivity contribution in [1.82, 2.24) is 14.9 Å². The largest absolute Gasteiger partial charge is 0.490 e. The molecule has 0 aliphatic heterocycles. The number of aromatic nitrogens is 3. The minimum Gasteiger partial charge on any atom is -0.490 e. The molecular formula is C20H22N4O2S. The van der Waals surface area contributed by atoms with Crippen LogP contribution in [-0.2, 0) is 0 Å². The molecule has 0 fully saturated rings. The van der Waals surface area contributed by atoms with Gasteiger partial charge in [-0.25, -0.2) is 5.10 Å². The number of benzene rings is 2. The van der Waals surface area contributed by atoms with Crippen LogP contribution in [0.2, 0.25) is 0 Å². The molecule has 0 spiro atoms. The van der Waals surface area contributed by atoms with Crippen molar-refractivity contribution in [3.05, 3.63) is 58.9 Å². The molecule has 6 nitrogen and oxygen atoms in total. The molecule has 0 unspecified atom stereocenters. The quantitative estimate of drug-likeness (QED) is 0.476. The summed E-state index contributed by atoms with van der Waals surface area (Å²) in [4.78, 5) is 0. The molecule has 0 aliphatic rings. The van der Waals surface area contributed by atoms with Crippen LogP contribution < -0.4 is 9.47 Å². The lowest BCUT2D eigenvalue weighted by Gasteiger charge is -2.14. The Morgan fingerprint density at radius 3 is 2.67 bits per heavy atom. The second-order valence-electron chi connectivity index (χ2n) is 6.08. The van der Waals surface area contributed by atoms with E-state index < -0.39 is 0 Å². The molecule has 1 heterocycles. The van der Waals surface area contributed by atoms with Crippen LogP contribution in [0.3, 0.4) is 0 Å². The van der Waals surface area contributed by atoms with Crippen LogP contribution in [0.5, 0.6) is 11.5 Å². The fourth-order valence-corrected chi connectivity index (χ4v) is 2.70. The van der Waals surface area contributed by atoms with Gasteiger partial charge in [0.25, 0.3) is 0 Å². The van der Waals surface area contributed by atoms with Crippen molar-refractivity contribution in [3.63, 3.8) is 0 Å². The van der Waals surface area contributed by atoms with Gasteiger partial charge in [0, 0.05) is 5.56 Å². The molecule has 3 aromatic rings. The van der Waals surface area contributed by atoms with E-state index >= 15 is 0 Å². The second-order valence-corrected chi connectivity index (χ2v) is 6.47. The summed E-state index contributed by atoms with van der Waals surface area (Å²) in [5, 5.41) is 11.6. The van der Waals surface area contributed by atoms with E-state index in [0.29, 0.717) is 28.7 Å². The molecule has 0 saturated heterocycles. The zero-order chi connectivity index (χ0) is 19.2. The first kappa shape index (κ1) is 18.8. The van der Waals surface area contributed by atoms with Gasteiger partial charge in [0.15, 0.2) is 17.3 Å². The van der Waals surface area contributed by atoms with Crippen LogP contribution in [0.25, 0.3) is 11.4 Å². The molecule has 3 rings (SSSR count). The summed E-state index contributed by atoms with van der Waals surface area (Å²) < 4.78 is 13.5. The number of aromatic amines is 1. The molecule has 1 N–H and O–H groups in total. The summed E-state index contributed by atoms with van der Waals surface area (Å²) >= 11 is 5.31. The van der Waals surface area contributed by atoms with Crippen LogP contribution >= 0.6 is 12.2 Å². The van der Waals surface area contributed by atoms with Crippen molar-refractivity contribution >= 4 is 18.4 Å². The van der Waals surface area contributed by atoms with Gasteiger partial charge in [0.2, 0.25) is 4.77 Å². The van der Waals surface area contributed by atoms with Crippen molar-refractivity contribution in [2.75, 3.05) is 6.61 Å². The summed E-state index contributed by atoms with van der Waals surface area (Å²) in [7, 11) is 0. The first-order valence-corrected chi connectivity index (χ1v) is 9.20. The van der Waals surface area contributed by atoms with Crippen molar-refractivity contribution in [2.24, 2.45) is 5.10 Å². The van der Waals surface area contributed by atoms with Crippen molar-refractivity contribution in [3.8, 4) is 22.9 Å². The van der Waals surface area contributed by atoms with Gasteiger partial charge in [-0.05, 0) is 56.8 Å². The third kappa shape index (κ3) is 4.62. The molecule has 1 aromatic heterocycles. The maximum absolute atomic E-state index is 5.79. The zero-order valence-electron chi connectivity index (χ0n) is 15.5. The molecular weight excluding hydrogens is 360 g/mol. The average Bonchev–Trinajstić information content (AvgIpc) is 3.03. The Morgan fingerprint density at radius 1 is 1.19 bits per heavy atom. The number of hydrogen-bond donors (Lipinski definition) is 1. The second kappa shape index (κ2) is 8.64. The summed E-state index contributed by atoms with van der Waals surface area (Å²) in [6.45, 7) is 6.46. The third-order valence-corrected chi connectivity index (χ3v) is 3.90. The van der Waals surface area contributed by atoms with Crippen molar-refractivity contribution < 1.29 is 9.47 Å². The van der Waals surface area contributed by atoms with Crippen LogP contribution in [-0.4, -0.2) is 33.8 Å². The fraction of sp³-hybridized carbons (Fsp3) is 0.250. The van der Waals surface area contributed by atoms with Crippen LogP contribution in [0.15, 0.2) is 53.6 Å². The fourth-order valence-electron chi connectivity index (χ4n) is 2.52. The highest BCUT2D eigenvalue weighted by Crippen LogP contribution is 2.29. The lowest BCUT2D eigenvalue weighted by Crippen LogP contribution is -2.07. The van der Waals surface area contributed by atoms with E-state index in [0.717, 1.165) is 11.1 Å². The molecule has 0 amide bonds. The Bertz CT molecular complexity index is 977. The highest BCUT2D eigenvalue weighted by Gasteiger charge is 2.09. The lowest BCUT2D eigenvalue weighted by atomic mass is 10.2. The highest BCUT2D eigenvalue weighted by molar-refractivity contribution is 7.71. The topological polar surface area (TPSA) is 64.4 Å². The number of hydrogen-bond acceptors (Lipinski definition) is 5. The molecule has 0 radical (unpaired) electrons. The number of rotatable bonds is 7. The number of H-pyrrole nitrogens is 1. The van der Waals surface area contributed by atoms with E-state index in [4.69, 9.17) is 21.7 Å². The smallest absolute Gasteiger partial charge is 0.216 e. The Labute approximate surface area is 163 Å². The van der Waals surface area contributed by atoms with Crippen LogP contribution in [0, 0.1) is 4.77 Å². The predicted molar refractivity (Wildman–Crippen MR) is 109 cm³/mol. The lowest BCUT2D eigenvalue weighted by molar-refractivity contribution is 0.224. The molecule has 27 heavy (non-hydrogen) atoms. The minimum absolute atomic E-state index is 0.0708. The first-order valence-electron chi connectivity index (χ1n) is 8.79. The van der Waals surface area contributed by atoms with E-state index in [1.807, 2.05) is 69.3 Å². The van der Waals surface area contributed by atoms with Gasteiger partial charge in [-0.2, -0.15) is 14.9 Å². The SMILES string of the molecule is CCOc1cc(/C=N\n2c(-c3ccccc3)n[nH]c2=S)ccc1OC(C)C. The number of nitrogens with zero attached hydrogens (tertiary/aromatic N) is 3. The van der Waals surface area contributed by atoms with Gasteiger partial charge in [-0.15, -0.1) is 0 Å². The van der Waals surface area contributed by atoms with E-state index in [2.05, 4.69) is 15.3 Å². The maximum atomic E-state index is 5.79. The Balaban J connectivity index is 1.92. The van der Waals surface area contributed by atoms with Gasteiger partial charge in [-0.1, -0.05) is 30.3 Å². The summed E-state index contributed by atoms with van der Waals surface area (Å²) in [6.07, 6.45) is 1.79. The monoisotopic (exact) mass is 382 g/mol. The summed E-state index contributed by atoms with van der Waals surface area (Å²) in [6, 6.07) is 15.5. The highest BCUT2D eigenvalue weighted by atomic mass is 32.1. The van der Waals surface area contributed by atoms with E-state index in [1.54, 1.807) is 10.9 Å². The van der Waals surface area contributed by atoms with Gasteiger partial charge >= 0.3 is 0 Å². The average molecular weight is 382 g/mol. The zero-order valence-corrected chi connectivity index (χ0v) is 16.4. The molecule has 7 heteroatoms. The standard InChI is InChI=1S/C20H22N4O2S/c1-4-25-18-12-15(10-11-17(18)26-14(2)3)13-21-24-19(22-23-20(24)27)16-8-6-5-7-9-16/h5-14H,4H2,1-3H3,(H,23,27)/b21-13-. The minimum atomic E-state index is 0.0708. The molecule has 0 aliphatic carbocycles. The Hall–Kier alpha value is -2.93. The number of nitrogens with one attached hydrogen (secondary N) is 1. The molecule has 0 atom stereocenters. The van der Waals surface area contributed by atoms with Crippen LogP contribution in [0.1, 0.15) is 26.3 Å². The first-order chi connectivity index (χ1) is 13.1. The summed E-state index contributed by atoms with van der Waals surface area (Å²) in [5.74, 6) is 2.06. The Morgan fingerprint density at radius 2 is 1.96 bits per heavy atom. The number of ether oxygens (including phenoxy) is 2. The van der Waals surface area contributed by atoms with Gasteiger partial charge in [0.1, 0.15) is 0 Å². The van der Waals surface area contributed by atoms with E-state index in [1.165, 1.54) is 0 Å². The van der Waals surface area contributed by atoms with Gasteiger partial charge < -0.3 is 9.47 Å². The van der Waals surface area contributed by atoms with Crippen molar-refractivity contribution in [1.29, 1.82) is 0 Å². The normalized spacial score (nSPS) is 11.3. The van der Waals surface area contributed by atoms with Gasteiger partial charge in [0.05, 0.1) is 18.9 Å². The van der Waals surface area contributed by atoms with E-state index in [-0.39, 0.29) is 6.10 Å². The van der Waals surface area contributed by atoms with Crippen LogP contribution in [0.4, 0.5) is 0 Å². The Kier molecular flexibility index (Phi) is 6.03. The molecule has 140 valence electrons. The third-order valence-electron chi connectivity index (χ3n) is 3.63. The van der Waals surface area contributed by atoms with Gasteiger partial charge in [-0.3, -0.25) is 0 Å². The molecule has 0 saturated carbocycles. The maximum Gasteiger partial charge on any atom is 0.216 e. The van der Waals surface area contributed by atoms with Crippen molar-refractivity contribution in [2.45, 2.75) is 26.9 Å². The predicted octanol–water partition coefficient (Wildman–Crippen LogP) is 4.68. The molecule has 2 aromatic carbocycles.